The number of phenolic OH excluding ortho intramolecular Hbond substituents is 1. The fourth-order valence-corrected chi connectivity index (χ4v) is 5.39. The molecule has 3 fully saturated rings. The first-order valence-corrected chi connectivity index (χ1v) is 12.3. The number of ether oxygens (including phenoxy) is 1. The van der Waals surface area contributed by atoms with Crippen LogP contribution in [0.5, 0.6) is 5.75 Å². The Bertz CT molecular complexity index is 813. The van der Waals surface area contributed by atoms with Crippen molar-refractivity contribution in [1.82, 2.24) is 9.80 Å². The summed E-state index contributed by atoms with van der Waals surface area (Å²) >= 11 is 0. The molecule has 2 atom stereocenters. The second kappa shape index (κ2) is 10.6. The summed E-state index contributed by atoms with van der Waals surface area (Å²) in [5.74, 6) is 1.06. The average molecular weight is 443 g/mol. The number of carbonyl (C=O) groups is 1. The highest BCUT2D eigenvalue weighted by atomic mass is 16.5. The molecule has 1 aromatic rings. The number of anilines is 1. The number of benzene rings is 1. The molecule has 7 heteroatoms. The molecule has 0 aromatic heterocycles. The number of nitrogens with one attached hydrogen (secondary N) is 1. The van der Waals surface area contributed by atoms with Crippen LogP contribution in [0.2, 0.25) is 0 Å². The Hall–Kier alpha value is -2.28. The largest absolute Gasteiger partial charge is 0.506 e. The third-order valence-electron chi connectivity index (χ3n) is 7.44. The first kappa shape index (κ1) is 22.9. The highest BCUT2D eigenvalue weighted by Crippen LogP contribution is 2.30. The summed E-state index contributed by atoms with van der Waals surface area (Å²) in [5, 5.41) is 13.9. The van der Waals surface area contributed by atoms with Crippen molar-refractivity contribution < 1.29 is 14.6 Å². The van der Waals surface area contributed by atoms with Crippen LogP contribution in [0.1, 0.15) is 68.6 Å². The van der Waals surface area contributed by atoms with Gasteiger partial charge >= 0.3 is 5.97 Å². The lowest BCUT2D eigenvalue weighted by Gasteiger charge is -2.39. The third kappa shape index (κ3) is 5.37. The Morgan fingerprint density at radius 3 is 2.47 bits per heavy atom. The normalized spacial score (nSPS) is 25.7. The van der Waals surface area contributed by atoms with Crippen molar-refractivity contribution in [2.45, 2.75) is 70.4 Å². The number of esters is 1. The fourth-order valence-electron chi connectivity index (χ4n) is 5.39. The van der Waals surface area contributed by atoms with Gasteiger partial charge in [0.05, 0.1) is 24.4 Å². The van der Waals surface area contributed by atoms with Gasteiger partial charge < -0.3 is 25.0 Å². The SMILES string of the molecule is COC(=O)c1ccc(O)c(NC(=NC2CCCCC2C)N2CCC(N3CCCC3)CC2)c1. The Labute approximate surface area is 191 Å². The first-order chi connectivity index (χ1) is 15.5. The van der Waals surface area contributed by atoms with E-state index in [0.717, 1.165) is 38.3 Å². The number of aliphatic imine (C=N–C) groups is 1. The fraction of sp³-hybridized carbons (Fsp3) is 0.680. The topological polar surface area (TPSA) is 77.4 Å². The van der Waals surface area contributed by atoms with Gasteiger partial charge in [0.25, 0.3) is 0 Å². The molecule has 7 nitrogen and oxygen atoms in total. The maximum absolute atomic E-state index is 12.0. The molecule has 2 heterocycles. The maximum atomic E-state index is 12.0. The van der Waals surface area contributed by atoms with Crippen molar-refractivity contribution >= 4 is 17.6 Å². The molecule has 2 unspecified atom stereocenters. The minimum absolute atomic E-state index is 0.106. The van der Waals surface area contributed by atoms with E-state index in [9.17, 15) is 9.90 Å². The number of methoxy groups -OCH3 is 1. The number of guanidine groups is 1. The standard InChI is InChI=1S/C25H38N4O3/c1-18-7-3-4-8-21(18)26-25(27-22-17-19(24(31)32-2)9-10-23(22)30)29-15-11-20(12-16-29)28-13-5-6-14-28/h9-10,17-18,20-21,30H,3-8,11-16H2,1-2H3,(H,26,27). The minimum Gasteiger partial charge on any atom is -0.506 e. The van der Waals surface area contributed by atoms with Gasteiger partial charge in [-0.25, -0.2) is 9.79 Å². The average Bonchev–Trinajstić information content (AvgIpc) is 3.36. The second-order valence-corrected chi connectivity index (χ2v) is 9.59. The summed E-state index contributed by atoms with van der Waals surface area (Å²) in [7, 11) is 1.37. The van der Waals surface area contributed by atoms with Gasteiger partial charge in [0, 0.05) is 19.1 Å². The second-order valence-electron chi connectivity index (χ2n) is 9.59. The monoisotopic (exact) mass is 442 g/mol. The Morgan fingerprint density at radius 1 is 1.06 bits per heavy atom. The summed E-state index contributed by atoms with van der Waals surface area (Å²) in [6, 6.07) is 5.72. The molecule has 0 radical (unpaired) electrons. The molecule has 32 heavy (non-hydrogen) atoms. The number of rotatable bonds is 4. The number of carbonyl (C=O) groups excluding carboxylic acids is 1. The van der Waals surface area contributed by atoms with Crippen LogP contribution in [0.4, 0.5) is 5.69 Å². The molecular weight excluding hydrogens is 404 g/mol. The Kier molecular flexibility index (Phi) is 7.55. The maximum Gasteiger partial charge on any atom is 0.337 e. The number of aromatic hydroxyl groups is 1. The number of hydrogen-bond donors (Lipinski definition) is 2. The molecule has 0 bridgehead atoms. The summed E-state index contributed by atoms with van der Waals surface area (Å²) in [6.07, 6.45) is 9.72. The summed E-state index contributed by atoms with van der Waals surface area (Å²) < 4.78 is 4.85. The van der Waals surface area contributed by atoms with E-state index in [1.54, 1.807) is 12.1 Å². The van der Waals surface area contributed by atoms with Gasteiger partial charge in [-0.2, -0.15) is 0 Å². The molecule has 3 aliphatic rings. The molecular formula is C25H38N4O3. The van der Waals surface area contributed by atoms with Gasteiger partial charge in [0.2, 0.25) is 0 Å². The first-order valence-electron chi connectivity index (χ1n) is 12.3. The van der Waals surface area contributed by atoms with E-state index >= 15 is 0 Å². The van der Waals surface area contributed by atoms with Crippen LogP contribution in [-0.2, 0) is 4.74 Å². The van der Waals surface area contributed by atoms with E-state index < -0.39 is 5.97 Å². The van der Waals surface area contributed by atoms with Gasteiger partial charge in [-0.05, 0) is 75.7 Å². The van der Waals surface area contributed by atoms with Crippen LogP contribution in [0.25, 0.3) is 0 Å². The smallest absolute Gasteiger partial charge is 0.337 e. The molecule has 0 spiro atoms. The summed E-state index contributed by atoms with van der Waals surface area (Å²) in [4.78, 5) is 22.2. The zero-order valence-electron chi connectivity index (χ0n) is 19.6. The van der Waals surface area contributed by atoms with E-state index in [2.05, 4.69) is 22.0 Å². The zero-order chi connectivity index (χ0) is 22.5. The van der Waals surface area contributed by atoms with E-state index in [0.29, 0.717) is 23.2 Å². The highest BCUT2D eigenvalue weighted by Gasteiger charge is 2.29. The minimum atomic E-state index is -0.418. The van der Waals surface area contributed by atoms with Gasteiger partial charge in [-0.15, -0.1) is 0 Å². The van der Waals surface area contributed by atoms with Crippen molar-refractivity contribution in [3.05, 3.63) is 23.8 Å². The molecule has 2 aliphatic heterocycles. The van der Waals surface area contributed by atoms with Crippen LogP contribution >= 0.6 is 0 Å². The van der Waals surface area contributed by atoms with E-state index in [4.69, 9.17) is 9.73 Å². The lowest BCUT2D eigenvalue weighted by atomic mass is 9.86. The van der Waals surface area contributed by atoms with Gasteiger partial charge in [-0.3, -0.25) is 0 Å². The molecule has 176 valence electrons. The van der Waals surface area contributed by atoms with Crippen LogP contribution < -0.4 is 5.32 Å². The summed E-state index contributed by atoms with van der Waals surface area (Å²) in [6.45, 7) is 6.66. The van der Waals surface area contributed by atoms with Crippen molar-refractivity contribution in [3.63, 3.8) is 0 Å². The van der Waals surface area contributed by atoms with Gasteiger partial charge in [0.1, 0.15) is 5.75 Å². The summed E-state index contributed by atoms with van der Waals surface area (Å²) in [5.41, 5.74) is 0.905. The van der Waals surface area contributed by atoms with E-state index in [-0.39, 0.29) is 11.8 Å². The lowest BCUT2D eigenvalue weighted by Crippen LogP contribution is -2.48. The molecule has 1 aliphatic carbocycles. The van der Waals surface area contributed by atoms with Crippen LogP contribution in [0.3, 0.4) is 0 Å². The predicted octanol–water partition coefficient (Wildman–Crippen LogP) is 4.09. The lowest BCUT2D eigenvalue weighted by molar-refractivity contribution is 0.0601. The number of likely N-dealkylation sites (tertiary alicyclic amines) is 2. The van der Waals surface area contributed by atoms with E-state index in [1.807, 2.05) is 0 Å². The van der Waals surface area contributed by atoms with E-state index in [1.165, 1.54) is 58.4 Å². The molecule has 4 rings (SSSR count). The molecule has 1 aromatic carbocycles. The number of phenols is 1. The molecule has 0 amide bonds. The van der Waals surface area contributed by atoms with Crippen LogP contribution in [-0.4, -0.2) is 72.2 Å². The quantitative estimate of drug-likeness (QED) is 0.317. The number of hydrogen-bond acceptors (Lipinski definition) is 5. The molecule has 2 saturated heterocycles. The predicted molar refractivity (Wildman–Crippen MR) is 127 cm³/mol. The molecule has 2 N–H and O–H groups in total. The van der Waals surface area contributed by atoms with Crippen LogP contribution in [0, 0.1) is 5.92 Å². The van der Waals surface area contributed by atoms with Crippen molar-refractivity contribution in [2.24, 2.45) is 10.9 Å². The van der Waals surface area contributed by atoms with Crippen molar-refractivity contribution in [3.8, 4) is 5.75 Å². The van der Waals surface area contributed by atoms with Gasteiger partial charge in [-0.1, -0.05) is 19.8 Å². The molecule has 1 saturated carbocycles. The van der Waals surface area contributed by atoms with Crippen molar-refractivity contribution in [1.29, 1.82) is 0 Å². The Balaban J connectivity index is 1.54. The van der Waals surface area contributed by atoms with Gasteiger partial charge in [0.15, 0.2) is 5.96 Å². The highest BCUT2D eigenvalue weighted by molar-refractivity contribution is 5.97. The Morgan fingerprint density at radius 2 is 1.78 bits per heavy atom. The van der Waals surface area contributed by atoms with Crippen LogP contribution in [0.15, 0.2) is 23.2 Å². The number of piperidine rings is 1. The van der Waals surface area contributed by atoms with Crippen molar-refractivity contribution in [2.75, 3.05) is 38.6 Å². The third-order valence-corrected chi connectivity index (χ3v) is 7.44. The zero-order valence-corrected chi connectivity index (χ0v) is 19.6. The number of nitrogens with zero attached hydrogens (tertiary/aromatic N) is 3.